The fourth-order valence-electron chi connectivity index (χ4n) is 4.81. The van der Waals surface area contributed by atoms with Crippen molar-refractivity contribution in [1.82, 2.24) is 9.88 Å². The molecule has 39 heavy (non-hydrogen) atoms. The predicted octanol–water partition coefficient (Wildman–Crippen LogP) is 6.18. The molecule has 1 fully saturated rings. The second kappa shape index (κ2) is 12.3. The quantitative estimate of drug-likeness (QED) is 0.342. The summed E-state index contributed by atoms with van der Waals surface area (Å²) in [4.78, 5) is 21.5. The molecule has 0 atom stereocenters. The summed E-state index contributed by atoms with van der Waals surface area (Å²) in [6, 6.07) is 18.4. The number of nitrogens with zero attached hydrogens (tertiary/aromatic N) is 3. The molecule has 2 aromatic carbocycles. The summed E-state index contributed by atoms with van der Waals surface area (Å²) in [6.07, 6.45) is 3.29. The number of anilines is 1. The molecule has 3 aromatic rings. The Morgan fingerprint density at radius 3 is 2.23 bits per heavy atom. The van der Waals surface area contributed by atoms with Gasteiger partial charge in [-0.3, -0.25) is 4.98 Å². The van der Waals surface area contributed by atoms with Gasteiger partial charge in [0.15, 0.2) is 11.5 Å². The first-order valence-corrected chi connectivity index (χ1v) is 13.3. The van der Waals surface area contributed by atoms with Crippen molar-refractivity contribution in [1.29, 1.82) is 0 Å². The van der Waals surface area contributed by atoms with Gasteiger partial charge in [0.1, 0.15) is 11.4 Å². The Bertz CT molecular complexity index is 1250. The van der Waals surface area contributed by atoms with Crippen LogP contribution in [-0.4, -0.2) is 62.0 Å². The van der Waals surface area contributed by atoms with E-state index >= 15 is 0 Å². The van der Waals surface area contributed by atoms with Crippen LogP contribution < -0.4 is 19.1 Å². The van der Waals surface area contributed by atoms with E-state index in [-0.39, 0.29) is 12.1 Å². The number of piperidine rings is 1. The minimum Gasteiger partial charge on any atom is -0.497 e. The summed E-state index contributed by atoms with van der Waals surface area (Å²) in [6.45, 7) is 7.70. The zero-order chi connectivity index (χ0) is 28.0. The normalized spacial score (nSPS) is 14.1. The fraction of sp³-hybridized carbons (Fsp3) is 0.419. The number of carbonyl (C=O) groups excluding carboxylic acids is 1. The molecule has 1 aromatic heterocycles. The number of hydrogen-bond acceptors (Lipinski definition) is 7. The first-order chi connectivity index (χ1) is 18.7. The molecule has 8 heteroatoms. The Morgan fingerprint density at radius 2 is 1.62 bits per heavy atom. The molecule has 2 heterocycles. The van der Waals surface area contributed by atoms with Crippen molar-refractivity contribution in [3.8, 4) is 28.5 Å². The van der Waals surface area contributed by atoms with Gasteiger partial charge in [-0.25, -0.2) is 4.79 Å². The second-order valence-electron chi connectivity index (χ2n) is 10.6. The second-order valence-corrected chi connectivity index (χ2v) is 10.6. The molecule has 1 aliphatic rings. The van der Waals surface area contributed by atoms with Crippen LogP contribution in [0, 0.1) is 0 Å². The van der Waals surface area contributed by atoms with Crippen LogP contribution in [0.4, 0.5) is 10.5 Å². The number of likely N-dealkylation sites (tertiary alicyclic amines) is 1. The van der Waals surface area contributed by atoms with Crippen molar-refractivity contribution >= 4 is 11.8 Å². The number of ether oxygens (including phenoxy) is 4. The number of pyridine rings is 1. The maximum absolute atomic E-state index is 12.6. The SMILES string of the molecule is COc1ccc(N(Cc2ccnc(-c3ccc(OC)c(OC)c3)c2)C2CCN(C(=O)OC(C)(C)C)CC2)cc1. The number of hydrogen-bond donors (Lipinski definition) is 0. The van der Waals surface area contributed by atoms with Crippen LogP contribution in [0.5, 0.6) is 17.2 Å². The molecular formula is C31H39N3O5. The van der Waals surface area contributed by atoms with Crippen molar-refractivity contribution in [2.75, 3.05) is 39.3 Å². The smallest absolute Gasteiger partial charge is 0.410 e. The first kappa shape index (κ1) is 28.1. The highest BCUT2D eigenvalue weighted by atomic mass is 16.6. The van der Waals surface area contributed by atoms with E-state index in [0.29, 0.717) is 31.1 Å². The number of rotatable bonds is 8. The minimum absolute atomic E-state index is 0.245. The lowest BCUT2D eigenvalue weighted by Crippen LogP contribution is -2.48. The summed E-state index contributed by atoms with van der Waals surface area (Å²) < 4.78 is 21.9. The number of carbonyl (C=O) groups is 1. The van der Waals surface area contributed by atoms with Gasteiger partial charge >= 0.3 is 6.09 Å². The van der Waals surface area contributed by atoms with Crippen LogP contribution >= 0.6 is 0 Å². The summed E-state index contributed by atoms with van der Waals surface area (Å²) in [5.41, 5.74) is 3.56. The van der Waals surface area contributed by atoms with Gasteiger partial charge in [-0.1, -0.05) is 0 Å². The molecule has 0 N–H and O–H groups in total. The molecule has 0 unspecified atom stereocenters. The molecule has 0 saturated carbocycles. The van der Waals surface area contributed by atoms with Crippen molar-refractivity contribution in [2.24, 2.45) is 0 Å². The van der Waals surface area contributed by atoms with Gasteiger partial charge in [0, 0.05) is 43.1 Å². The topological polar surface area (TPSA) is 73.4 Å². The third-order valence-electron chi connectivity index (χ3n) is 6.82. The van der Waals surface area contributed by atoms with E-state index in [1.54, 1.807) is 21.3 Å². The Hall–Kier alpha value is -3.94. The van der Waals surface area contributed by atoms with Crippen LogP contribution in [0.3, 0.4) is 0 Å². The van der Waals surface area contributed by atoms with Gasteiger partial charge in [0.05, 0.1) is 27.0 Å². The minimum atomic E-state index is -0.504. The summed E-state index contributed by atoms with van der Waals surface area (Å²) in [7, 11) is 4.93. The predicted molar refractivity (Wildman–Crippen MR) is 153 cm³/mol. The Balaban J connectivity index is 1.56. The number of aromatic nitrogens is 1. The van der Waals surface area contributed by atoms with Gasteiger partial charge in [0.25, 0.3) is 0 Å². The Morgan fingerprint density at radius 1 is 0.923 bits per heavy atom. The molecule has 0 bridgehead atoms. The monoisotopic (exact) mass is 533 g/mol. The Kier molecular flexibility index (Phi) is 8.84. The van der Waals surface area contributed by atoms with E-state index in [4.69, 9.17) is 18.9 Å². The molecule has 1 amide bonds. The van der Waals surface area contributed by atoms with Gasteiger partial charge in [-0.15, -0.1) is 0 Å². The highest BCUT2D eigenvalue weighted by molar-refractivity contribution is 5.68. The van der Waals surface area contributed by atoms with Gasteiger partial charge < -0.3 is 28.7 Å². The van der Waals surface area contributed by atoms with Crippen LogP contribution in [-0.2, 0) is 11.3 Å². The van der Waals surface area contributed by atoms with Gasteiger partial charge in [-0.05, 0) is 93.8 Å². The van der Waals surface area contributed by atoms with Crippen LogP contribution in [0.25, 0.3) is 11.3 Å². The largest absolute Gasteiger partial charge is 0.497 e. The highest BCUT2D eigenvalue weighted by Crippen LogP contribution is 2.33. The van der Waals surface area contributed by atoms with Crippen molar-refractivity contribution in [2.45, 2.75) is 51.8 Å². The van der Waals surface area contributed by atoms with Crippen LogP contribution in [0.15, 0.2) is 60.8 Å². The molecule has 1 aliphatic heterocycles. The molecule has 8 nitrogen and oxygen atoms in total. The Labute approximate surface area is 231 Å². The third kappa shape index (κ3) is 7.13. The zero-order valence-electron chi connectivity index (χ0n) is 23.8. The fourth-order valence-corrected chi connectivity index (χ4v) is 4.81. The molecule has 0 spiro atoms. The lowest BCUT2D eigenvalue weighted by molar-refractivity contribution is 0.0204. The lowest BCUT2D eigenvalue weighted by atomic mass is 10.0. The molecule has 0 radical (unpaired) electrons. The van der Waals surface area contributed by atoms with Crippen LogP contribution in [0.2, 0.25) is 0 Å². The van der Waals surface area contributed by atoms with E-state index in [2.05, 4.69) is 34.1 Å². The average molecular weight is 534 g/mol. The molecular weight excluding hydrogens is 494 g/mol. The number of amides is 1. The summed E-state index contributed by atoms with van der Waals surface area (Å²) in [5, 5.41) is 0. The molecule has 0 aliphatic carbocycles. The maximum atomic E-state index is 12.6. The summed E-state index contributed by atoms with van der Waals surface area (Å²) in [5.74, 6) is 2.16. The third-order valence-corrected chi connectivity index (χ3v) is 6.82. The first-order valence-electron chi connectivity index (χ1n) is 13.3. The lowest BCUT2D eigenvalue weighted by Gasteiger charge is -2.40. The average Bonchev–Trinajstić information content (AvgIpc) is 2.95. The standard InChI is InChI=1S/C31H39N3O5/c1-31(2,3)39-30(35)33-17-14-25(15-18-33)34(24-8-10-26(36-4)11-9-24)21-22-13-16-32-27(19-22)23-7-12-28(37-5)29(20-23)38-6/h7-13,16,19-20,25H,14-15,17-18,21H2,1-6H3. The number of methoxy groups -OCH3 is 3. The van der Waals surface area contributed by atoms with E-state index in [1.165, 1.54) is 0 Å². The van der Waals surface area contributed by atoms with Gasteiger partial charge in [0.2, 0.25) is 0 Å². The van der Waals surface area contributed by atoms with Gasteiger partial charge in [-0.2, -0.15) is 0 Å². The van der Waals surface area contributed by atoms with Crippen molar-refractivity contribution < 1.29 is 23.7 Å². The van der Waals surface area contributed by atoms with E-state index in [1.807, 2.05) is 62.2 Å². The maximum Gasteiger partial charge on any atom is 0.410 e. The van der Waals surface area contributed by atoms with Crippen molar-refractivity contribution in [3.63, 3.8) is 0 Å². The van der Waals surface area contributed by atoms with Crippen LogP contribution in [0.1, 0.15) is 39.2 Å². The highest BCUT2D eigenvalue weighted by Gasteiger charge is 2.30. The van der Waals surface area contributed by atoms with E-state index < -0.39 is 5.60 Å². The molecule has 1 saturated heterocycles. The van der Waals surface area contributed by atoms with E-state index in [0.717, 1.165) is 41.1 Å². The zero-order valence-corrected chi connectivity index (χ0v) is 23.8. The molecule has 208 valence electrons. The van der Waals surface area contributed by atoms with Crippen molar-refractivity contribution in [3.05, 3.63) is 66.4 Å². The number of benzene rings is 2. The molecule has 4 rings (SSSR count). The summed E-state index contributed by atoms with van der Waals surface area (Å²) >= 11 is 0. The van der Waals surface area contributed by atoms with E-state index in [9.17, 15) is 4.79 Å².